The summed E-state index contributed by atoms with van der Waals surface area (Å²) in [6, 6.07) is 9.70. The third kappa shape index (κ3) is 5.44. The number of aliphatic hydroxyl groups is 1. The second kappa shape index (κ2) is 10.4. The highest BCUT2D eigenvalue weighted by molar-refractivity contribution is 5.77. The number of carbonyl (C=O) groups excluding carboxylic acids is 1. The molecule has 3 heterocycles. The van der Waals surface area contributed by atoms with E-state index in [9.17, 15) is 18.8 Å². The van der Waals surface area contributed by atoms with Crippen molar-refractivity contribution >= 4 is 17.5 Å². The number of benzene rings is 1. The highest BCUT2D eigenvalue weighted by Crippen LogP contribution is 2.33. The lowest BCUT2D eigenvalue weighted by atomic mass is 10.0. The fraction of sp³-hybridized carbons (Fsp3) is 0.304. The van der Waals surface area contributed by atoms with Crippen LogP contribution in [-0.2, 0) is 4.79 Å². The number of hydrogen-bond donors (Lipinski definition) is 2. The number of carbonyl (C=O) groups is 1. The molecule has 13 heteroatoms. The number of likely N-dealkylation sites (tertiary alicyclic amines) is 1. The zero-order valence-electron chi connectivity index (χ0n) is 19.1. The van der Waals surface area contributed by atoms with Crippen LogP contribution in [0, 0.1) is 11.3 Å². The molecule has 2 aromatic heterocycles. The molecule has 0 aliphatic carbocycles. The van der Waals surface area contributed by atoms with Crippen molar-refractivity contribution in [3.05, 3.63) is 48.4 Å². The smallest absolute Gasteiger partial charge is 0.301 e. The fourth-order valence-electron chi connectivity index (χ4n) is 3.61. The number of ether oxygens (including phenoxy) is 2. The number of hydrogen-bond acceptors (Lipinski definition) is 10. The Bertz CT molecular complexity index is 1300. The number of halogens is 2. The fourth-order valence-corrected chi connectivity index (χ4v) is 3.61. The number of piperidine rings is 1. The summed E-state index contributed by atoms with van der Waals surface area (Å²) >= 11 is 0. The lowest BCUT2D eigenvalue weighted by Crippen LogP contribution is -2.55. The van der Waals surface area contributed by atoms with Crippen LogP contribution in [0.15, 0.2) is 42.9 Å². The molecule has 0 bridgehead atoms. The average molecular weight is 497 g/mol. The van der Waals surface area contributed by atoms with Crippen LogP contribution < -0.4 is 14.8 Å². The van der Waals surface area contributed by atoms with E-state index < -0.39 is 31.1 Å². The van der Waals surface area contributed by atoms with Gasteiger partial charge in [0.15, 0.2) is 11.9 Å². The first-order valence-electron chi connectivity index (χ1n) is 10.8. The van der Waals surface area contributed by atoms with Crippen molar-refractivity contribution in [3.63, 3.8) is 0 Å². The molecule has 0 saturated carbocycles. The SMILES string of the molecule is COc1cc(Nc2ncnc(-c3ccc(O[C@H]4CCN(C(=O)CO)CC4(F)F)c(C#N)c3)n2)ccn1. The zero-order valence-corrected chi connectivity index (χ0v) is 19.1. The second-order valence-electron chi connectivity index (χ2n) is 7.80. The van der Waals surface area contributed by atoms with Gasteiger partial charge in [0, 0.05) is 36.5 Å². The van der Waals surface area contributed by atoms with Crippen LogP contribution in [0.25, 0.3) is 11.4 Å². The van der Waals surface area contributed by atoms with E-state index in [0.29, 0.717) is 17.1 Å². The van der Waals surface area contributed by atoms with Crippen LogP contribution in [0.5, 0.6) is 11.6 Å². The summed E-state index contributed by atoms with van der Waals surface area (Å²) in [5, 5.41) is 21.6. The topological polar surface area (TPSA) is 146 Å². The minimum Gasteiger partial charge on any atom is -0.483 e. The standard InChI is InChI=1S/C23H21F2N7O4/c1-35-19-9-16(4-6-27-19)30-22-29-13-28-21(31-22)14-2-3-17(15(8-14)10-26)36-18-5-7-32(20(34)11-33)12-23(18,24)25/h2-4,6,8-9,13,18,33H,5,7,11-12H2,1H3,(H,27,28,29,30,31)/t18-/m0/s1. The summed E-state index contributed by atoms with van der Waals surface area (Å²) in [4.78, 5) is 29.1. The quantitative estimate of drug-likeness (QED) is 0.498. The molecule has 3 aromatic rings. The van der Waals surface area contributed by atoms with E-state index in [2.05, 4.69) is 25.3 Å². The van der Waals surface area contributed by atoms with Gasteiger partial charge in [-0.25, -0.2) is 23.7 Å². The van der Waals surface area contributed by atoms with E-state index in [4.69, 9.17) is 14.6 Å². The van der Waals surface area contributed by atoms with Gasteiger partial charge in [-0.05, 0) is 24.3 Å². The number of aromatic nitrogens is 4. The maximum atomic E-state index is 14.6. The van der Waals surface area contributed by atoms with Crippen molar-refractivity contribution in [2.75, 3.05) is 32.1 Å². The number of nitrogens with one attached hydrogen (secondary N) is 1. The highest BCUT2D eigenvalue weighted by atomic mass is 19.3. The van der Waals surface area contributed by atoms with Gasteiger partial charge in [0.2, 0.25) is 17.7 Å². The van der Waals surface area contributed by atoms with E-state index in [1.54, 1.807) is 24.4 Å². The van der Waals surface area contributed by atoms with Gasteiger partial charge in [0.05, 0.1) is 19.2 Å². The molecule has 0 radical (unpaired) electrons. The van der Waals surface area contributed by atoms with Crippen molar-refractivity contribution in [1.29, 1.82) is 5.26 Å². The number of rotatable bonds is 7. The number of methoxy groups -OCH3 is 1. The van der Waals surface area contributed by atoms with Gasteiger partial charge in [-0.3, -0.25) is 4.79 Å². The van der Waals surface area contributed by atoms with Crippen molar-refractivity contribution < 1.29 is 28.2 Å². The second-order valence-corrected chi connectivity index (χ2v) is 7.80. The van der Waals surface area contributed by atoms with Crippen LogP contribution in [0.3, 0.4) is 0 Å². The van der Waals surface area contributed by atoms with E-state index in [0.717, 1.165) is 4.90 Å². The summed E-state index contributed by atoms with van der Waals surface area (Å²) in [6.07, 6.45) is 1.15. The number of alkyl halides is 2. The van der Waals surface area contributed by atoms with Crippen molar-refractivity contribution in [2.24, 2.45) is 0 Å². The van der Waals surface area contributed by atoms with Crippen LogP contribution >= 0.6 is 0 Å². The van der Waals surface area contributed by atoms with E-state index in [-0.39, 0.29) is 36.1 Å². The summed E-state index contributed by atoms with van der Waals surface area (Å²) in [5.41, 5.74) is 1.10. The molecule has 36 heavy (non-hydrogen) atoms. The van der Waals surface area contributed by atoms with E-state index in [1.165, 1.54) is 25.6 Å². The molecular formula is C23H21F2N7O4. The summed E-state index contributed by atoms with van der Waals surface area (Å²) in [6.45, 7) is -1.71. The molecule has 1 aromatic carbocycles. The molecular weight excluding hydrogens is 476 g/mol. The molecule has 1 fully saturated rings. The molecule has 1 saturated heterocycles. The molecule has 2 N–H and O–H groups in total. The summed E-state index contributed by atoms with van der Waals surface area (Å²) < 4.78 is 39.8. The number of nitriles is 1. The highest BCUT2D eigenvalue weighted by Gasteiger charge is 2.47. The predicted molar refractivity (Wildman–Crippen MR) is 122 cm³/mol. The summed E-state index contributed by atoms with van der Waals surface area (Å²) in [5.74, 6) is -3.28. The number of anilines is 2. The lowest BCUT2D eigenvalue weighted by Gasteiger charge is -2.38. The molecule has 0 unspecified atom stereocenters. The first-order chi connectivity index (χ1) is 17.3. The predicted octanol–water partition coefficient (Wildman–Crippen LogP) is 2.16. The van der Waals surface area contributed by atoms with E-state index in [1.807, 2.05) is 6.07 Å². The van der Waals surface area contributed by atoms with Crippen molar-refractivity contribution in [1.82, 2.24) is 24.8 Å². The largest absolute Gasteiger partial charge is 0.483 e. The Morgan fingerprint density at radius 1 is 1.31 bits per heavy atom. The number of pyridine rings is 1. The van der Waals surface area contributed by atoms with Crippen LogP contribution in [0.2, 0.25) is 0 Å². The Balaban J connectivity index is 1.52. The molecule has 1 amide bonds. The molecule has 4 rings (SSSR count). The average Bonchev–Trinajstić information content (AvgIpc) is 2.89. The molecule has 0 spiro atoms. The lowest BCUT2D eigenvalue weighted by molar-refractivity contribution is -0.161. The Kier molecular flexibility index (Phi) is 7.16. The Labute approximate surface area is 204 Å². The summed E-state index contributed by atoms with van der Waals surface area (Å²) in [7, 11) is 1.50. The van der Waals surface area contributed by atoms with Crippen LogP contribution in [0.4, 0.5) is 20.4 Å². The van der Waals surface area contributed by atoms with Gasteiger partial charge >= 0.3 is 5.92 Å². The molecule has 1 aliphatic heterocycles. The third-order valence-corrected chi connectivity index (χ3v) is 5.42. The van der Waals surface area contributed by atoms with Crippen molar-refractivity contribution in [3.8, 4) is 29.1 Å². The van der Waals surface area contributed by atoms with Gasteiger partial charge in [-0.1, -0.05) is 0 Å². The van der Waals surface area contributed by atoms with E-state index >= 15 is 0 Å². The zero-order chi connectivity index (χ0) is 25.7. The number of aliphatic hydroxyl groups excluding tert-OH is 1. The first-order valence-corrected chi connectivity index (χ1v) is 10.8. The normalized spacial score (nSPS) is 16.6. The monoisotopic (exact) mass is 497 g/mol. The molecule has 186 valence electrons. The van der Waals surface area contributed by atoms with Gasteiger partial charge in [-0.2, -0.15) is 10.2 Å². The van der Waals surface area contributed by atoms with Gasteiger partial charge in [-0.15, -0.1) is 0 Å². The number of nitrogens with zero attached hydrogens (tertiary/aromatic N) is 6. The number of amides is 1. The first kappa shape index (κ1) is 24.7. The molecule has 1 aliphatic rings. The van der Waals surface area contributed by atoms with Gasteiger partial charge in [0.1, 0.15) is 24.8 Å². The Hall–Kier alpha value is -4.44. The van der Waals surface area contributed by atoms with Crippen LogP contribution in [0.1, 0.15) is 12.0 Å². The Morgan fingerprint density at radius 2 is 2.14 bits per heavy atom. The Morgan fingerprint density at radius 3 is 2.86 bits per heavy atom. The third-order valence-electron chi connectivity index (χ3n) is 5.42. The van der Waals surface area contributed by atoms with Gasteiger partial charge in [0.25, 0.3) is 0 Å². The maximum absolute atomic E-state index is 14.6. The molecule has 1 atom stereocenters. The van der Waals surface area contributed by atoms with Crippen molar-refractivity contribution in [2.45, 2.75) is 18.4 Å². The minimum absolute atomic E-state index is 0.00358. The molecule has 11 nitrogen and oxygen atoms in total. The van der Waals surface area contributed by atoms with Gasteiger partial charge < -0.3 is 24.8 Å². The minimum atomic E-state index is -3.36. The maximum Gasteiger partial charge on any atom is 0.301 e. The van der Waals surface area contributed by atoms with Crippen LogP contribution in [-0.4, -0.2) is 74.7 Å².